The number of carbonyl (C=O) groups is 1. The Morgan fingerprint density at radius 2 is 1.86 bits per heavy atom. The van der Waals surface area contributed by atoms with Crippen molar-refractivity contribution in [2.75, 3.05) is 6.61 Å². The van der Waals surface area contributed by atoms with Crippen LogP contribution in [-0.2, 0) is 11.3 Å². The molecule has 0 aliphatic rings. The summed E-state index contributed by atoms with van der Waals surface area (Å²) in [6.45, 7) is -0.681. The molecule has 6 heteroatoms. The molecular formula is C16H13BrF2O3. The molecule has 0 amide bonds. The number of hydrogen-bond donors (Lipinski definition) is 0. The minimum absolute atomic E-state index is 0.0627. The van der Waals surface area contributed by atoms with Crippen LogP contribution in [0, 0.1) is 0 Å². The van der Waals surface area contributed by atoms with Crippen LogP contribution in [0.25, 0.3) is 0 Å². The van der Waals surface area contributed by atoms with Gasteiger partial charge in [0.05, 0.1) is 0 Å². The van der Waals surface area contributed by atoms with Gasteiger partial charge in [-0.05, 0) is 23.8 Å². The molecule has 0 aliphatic carbocycles. The molecule has 0 fully saturated rings. The summed E-state index contributed by atoms with van der Waals surface area (Å²) in [5.41, 5.74) is 0.947. The van der Waals surface area contributed by atoms with Crippen LogP contribution in [0.5, 0.6) is 5.75 Å². The van der Waals surface area contributed by atoms with Crippen LogP contribution in [0.3, 0.4) is 0 Å². The number of rotatable bonds is 6. The molecule has 2 aromatic carbocycles. The van der Waals surface area contributed by atoms with E-state index in [0.717, 1.165) is 5.56 Å². The summed E-state index contributed by atoms with van der Waals surface area (Å²) in [4.78, 5) is 12.1. The van der Waals surface area contributed by atoms with E-state index in [1.54, 1.807) is 6.07 Å². The minimum Gasteiger partial charge on any atom is -0.487 e. The van der Waals surface area contributed by atoms with Crippen LogP contribution in [0.2, 0.25) is 0 Å². The number of alkyl halides is 2. The Bertz CT molecular complexity index is 633. The average Bonchev–Trinajstić information content (AvgIpc) is 2.51. The molecular weight excluding hydrogens is 358 g/mol. The Morgan fingerprint density at radius 3 is 2.55 bits per heavy atom. The average molecular weight is 371 g/mol. The van der Waals surface area contributed by atoms with E-state index in [1.807, 2.05) is 30.3 Å². The normalized spacial score (nSPS) is 10.5. The SMILES string of the molecule is O=C(OCc1ccccc1)c1ccc(Br)cc1OCC(F)F. The molecule has 0 aliphatic heterocycles. The summed E-state index contributed by atoms with van der Waals surface area (Å²) in [5, 5.41) is 0. The summed E-state index contributed by atoms with van der Waals surface area (Å²) in [7, 11) is 0. The maximum Gasteiger partial charge on any atom is 0.342 e. The highest BCUT2D eigenvalue weighted by atomic mass is 79.9. The summed E-state index contributed by atoms with van der Waals surface area (Å²) >= 11 is 3.21. The third kappa shape index (κ3) is 4.80. The first-order chi connectivity index (χ1) is 10.6. The zero-order valence-corrected chi connectivity index (χ0v) is 13.1. The van der Waals surface area contributed by atoms with E-state index in [9.17, 15) is 13.6 Å². The number of benzene rings is 2. The Balaban J connectivity index is 2.08. The van der Waals surface area contributed by atoms with E-state index in [0.29, 0.717) is 4.47 Å². The van der Waals surface area contributed by atoms with E-state index in [-0.39, 0.29) is 17.9 Å². The zero-order valence-electron chi connectivity index (χ0n) is 11.5. The van der Waals surface area contributed by atoms with Crippen LogP contribution < -0.4 is 4.74 Å². The molecule has 0 spiro atoms. The first kappa shape index (κ1) is 16.4. The molecule has 0 heterocycles. The van der Waals surface area contributed by atoms with Gasteiger partial charge in [-0.1, -0.05) is 46.3 Å². The second-order valence-electron chi connectivity index (χ2n) is 4.40. The highest BCUT2D eigenvalue weighted by Crippen LogP contribution is 2.25. The fraction of sp³-hybridized carbons (Fsp3) is 0.188. The number of hydrogen-bond acceptors (Lipinski definition) is 3. The standard InChI is InChI=1S/C16H13BrF2O3/c17-12-6-7-13(14(8-12)21-10-15(18)19)16(20)22-9-11-4-2-1-3-5-11/h1-8,15H,9-10H2. The molecule has 0 unspecified atom stereocenters. The Morgan fingerprint density at radius 1 is 1.14 bits per heavy atom. The van der Waals surface area contributed by atoms with Crippen molar-refractivity contribution in [1.29, 1.82) is 0 Å². The van der Waals surface area contributed by atoms with Crippen molar-refractivity contribution < 1.29 is 23.0 Å². The maximum atomic E-state index is 12.3. The molecule has 0 atom stereocenters. The summed E-state index contributed by atoms with van der Waals surface area (Å²) < 4.78 is 35.3. The van der Waals surface area contributed by atoms with Gasteiger partial charge in [-0.3, -0.25) is 0 Å². The number of ether oxygens (including phenoxy) is 2. The Kier molecular flexibility index (Phi) is 5.89. The molecule has 0 saturated carbocycles. The summed E-state index contributed by atoms with van der Waals surface area (Å²) in [5.74, 6) is -0.562. The largest absolute Gasteiger partial charge is 0.487 e. The predicted molar refractivity (Wildman–Crippen MR) is 81.2 cm³/mol. The van der Waals surface area contributed by atoms with Gasteiger partial charge in [-0.15, -0.1) is 0 Å². The molecule has 2 rings (SSSR count). The lowest BCUT2D eigenvalue weighted by Crippen LogP contribution is -2.12. The molecule has 0 N–H and O–H groups in total. The Labute approximate surface area is 135 Å². The first-order valence-corrected chi connectivity index (χ1v) is 7.27. The van der Waals surface area contributed by atoms with Gasteiger partial charge < -0.3 is 9.47 Å². The number of carbonyl (C=O) groups excluding carboxylic acids is 1. The molecule has 3 nitrogen and oxygen atoms in total. The van der Waals surface area contributed by atoms with Crippen LogP contribution in [0.15, 0.2) is 53.0 Å². The molecule has 0 aromatic heterocycles. The number of esters is 1. The van der Waals surface area contributed by atoms with Crippen LogP contribution >= 0.6 is 15.9 Å². The predicted octanol–water partition coefficient (Wildman–Crippen LogP) is 4.45. The first-order valence-electron chi connectivity index (χ1n) is 6.48. The van der Waals surface area contributed by atoms with E-state index in [4.69, 9.17) is 9.47 Å². The van der Waals surface area contributed by atoms with Gasteiger partial charge in [-0.25, -0.2) is 13.6 Å². The molecule has 2 aromatic rings. The van der Waals surface area contributed by atoms with Crippen LogP contribution in [0.1, 0.15) is 15.9 Å². The summed E-state index contributed by atoms with van der Waals surface area (Å²) in [6, 6.07) is 13.7. The van der Waals surface area contributed by atoms with Crippen molar-refractivity contribution in [3.8, 4) is 5.75 Å². The van der Waals surface area contributed by atoms with Gasteiger partial charge >= 0.3 is 5.97 Å². The van der Waals surface area contributed by atoms with Crippen molar-refractivity contribution in [3.05, 3.63) is 64.1 Å². The van der Waals surface area contributed by atoms with Gasteiger partial charge in [0.1, 0.15) is 24.5 Å². The highest BCUT2D eigenvalue weighted by molar-refractivity contribution is 9.10. The van der Waals surface area contributed by atoms with E-state index in [2.05, 4.69) is 15.9 Å². The second kappa shape index (κ2) is 7.89. The lowest BCUT2D eigenvalue weighted by atomic mass is 10.2. The molecule has 116 valence electrons. The van der Waals surface area contributed by atoms with Crippen molar-refractivity contribution >= 4 is 21.9 Å². The molecule has 0 bridgehead atoms. The minimum atomic E-state index is -2.62. The monoisotopic (exact) mass is 370 g/mol. The van der Waals surface area contributed by atoms with Crippen molar-refractivity contribution in [2.45, 2.75) is 13.0 Å². The molecule has 22 heavy (non-hydrogen) atoms. The quantitative estimate of drug-likeness (QED) is 0.704. The summed E-state index contributed by atoms with van der Waals surface area (Å²) in [6.07, 6.45) is -2.62. The zero-order chi connectivity index (χ0) is 15.9. The van der Waals surface area contributed by atoms with Gasteiger partial charge in [0.25, 0.3) is 6.43 Å². The lowest BCUT2D eigenvalue weighted by Gasteiger charge is -2.11. The Hall–Kier alpha value is -1.95. The van der Waals surface area contributed by atoms with Crippen molar-refractivity contribution in [3.63, 3.8) is 0 Å². The van der Waals surface area contributed by atoms with Crippen LogP contribution in [-0.4, -0.2) is 19.0 Å². The molecule has 0 saturated heterocycles. The topological polar surface area (TPSA) is 35.5 Å². The second-order valence-corrected chi connectivity index (χ2v) is 5.32. The third-order valence-electron chi connectivity index (χ3n) is 2.74. The number of halogens is 3. The van der Waals surface area contributed by atoms with Gasteiger partial charge in [0.15, 0.2) is 0 Å². The highest BCUT2D eigenvalue weighted by Gasteiger charge is 2.16. The van der Waals surface area contributed by atoms with E-state index in [1.165, 1.54) is 12.1 Å². The van der Waals surface area contributed by atoms with Gasteiger partial charge in [0, 0.05) is 4.47 Å². The van der Waals surface area contributed by atoms with Gasteiger partial charge in [0.2, 0.25) is 0 Å². The lowest BCUT2D eigenvalue weighted by molar-refractivity contribution is 0.0456. The van der Waals surface area contributed by atoms with E-state index < -0.39 is 19.0 Å². The molecule has 0 radical (unpaired) electrons. The fourth-order valence-corrected chi connectivity index (χ4v) is 2.08. The fourth-order valence-electron chi connectivity index (χ4n) is 1.74. The van der Waals surface area contributed by atoms with Crippen molar-refractivity contribution in [1.82, 2.24) is 0 Å². The van der Waals surface area contributed by atoms with Crippen LogP contribution in [0.4, 0.5) is 8.78 Å². The third-order valence-corrected chi connectivity index (χ3v) is 3.23. The van der Waals surface area contributed by atoms with Gasteiger partial charge in [-0.2, -0.15) is 0 Å². The smallest absolute Gasteiger partial charge is 0.342 e. The van der Waals surface area contributed by atoms with Crippen molar-refractivity contribution in [2.24, 2.45) is 0 Å². The van der Waals surface area contributed by atoms with E-state index >= 15 is 0 Å². The maximum absolute atomic E-state index is 12.3.